The number of hydrogen-bond acceptors (Lipinski definition) is 3. The Morgan fingerprint density at radius 3 is 2.87 bits per heavy atom. The summed E-state index contributed by atoms with van der Waals surface area (Å²) in [5.74, 6) is -0.141. The van der Waals surface area contributed by atoms with Crippen LogP contribution in [0.15, 0.2) is 36.7 Å². The molecule has 2 N–H and O–H groups in total. The van der Waals surface area contributed by atoms with E-state index in [4.69, 9.17) is 0 Å². The standard InChI is InChI=1S/C11H15N3O/c1-2-3-4-7-13-14-11(15)10-5-8-12-9-6-10/h2-3,5-6,8-9,13H,4,7H2,1H3,(H,14,15). The summed E-state index contributed by atoms with van der Waals surface area (Å²) in [6.45, 7) is 2.69. The van der Waals surface area contributed by atoms with Gasteiger partial charge in [-0.25, -0.2) is 5.43 Å². The van der Waals surface area contributed by atoms with Crippen molar-refractivity contribution in [2.24, 2.45) is 0 Å². The number of nitrogens with zero attached hydrogens (tertiary/aromatic N) is 1. The molecule has 0 saturated heterocycles. The molecule has 1 aromatic rings. The van der Waals surface area contributed by atoms with Crippen molar-refractivity contribution < 1.29 is 4.79 Å². The Hall–Kier alpha value is -1.68. The van der Waals surface area contributed by atoms with Crippen LogP contribution in [-0.4, -0.2) is 17.4 Å². The molecule has 0 bridgehead atoms. The normalized spacial score (nSPS) is 10.5. The number of hydrazine groups is 1. The molecule has 0 aliphatic rings. The van der Waals surface area contributed by atoms with E-state index in [9.17, 15) is 4.79 Å². The van der Waals surface area contributed by atoms with E-state index in [2.05, 4.69) is 15.8 Å². The van der Waals surface area contributed by atoms with Crippen molar-refractivity contribution >= 4 is 5.91 Å². The Morgan fingerprint density at radius 2 is 2.20 bits per heavy atom. The van der Waals surface area contributed by atoms with E-state index >= 15 is 0 Å². The maximum Gasteiger partial charge on any atom is 0.265 e. The second kappa shape index (κ2) is 6.73. The van der Waals surface area contributed by atoms with Crippen molar-refractivity contribution in [3.05, 3.63) is 42.2 Å². The zero-order valence-corrected chi connectivity index (χ0v) is 8.73. The molecule has 80 valence electrons. The van der Waals surface area contributed by atoms with Gasteiger partial charge in [0.25, 0.3) is 5.91 Å². The van der Waals surface area contributed by atoms with E-state index in [-0.39, 0.29) is 5.91 Å². The number of hydrogen-bond donors (Lipinski definition) is 2. The monoisotopic (exact) mass is 205 g/mol. The molecule has 0 saturated carbocycles. The zero-order chi connectivity index (χ0) is 10.9. The van der Waals surface area contributed by atoms with Crippen LogP contribution in [0.2, 0.25) is 0 Å². The summed E-state index contributed by atoms with van der Waals surface area (Å²) in [4.78, 5) is 15.3. The Morgan fingerprint density at radius 1 is 1.47 bits per heavy atom. The van der Waals surface area contributed by atoms with Gasteiger partial charge < -0.3 is 0 Å². The number of carbonyl (C=O) groups is 1. The van der Waals surface area contributed by atoms with E-state index in [0.717, 1.165) is 13.0 Å². The first-order valence-electron chi connectivity index (χ1n) is 4.89. The van der Waals surface area contributed by atoms with Gasteiger partial charge in [-0.3, -0.25) is 15.2 Å². The summed E-state index contributed by atoms with van der Waals surface area (Å²) in [6.07, 6.45) is 8.09. The minimum Gasteiger partial charge on any atom is -0.287 e. The summed E-state index contributed by atoms with van der Waals surface area (Å²) in [6, 6.07) is 3.34. The average Bonchev–Trinajstić information content (AvgIpc) is 2.30. The summed E-state index contributed by atoms with van der Waals surface area (Å²) < 4.78 is 0. The number of aromatic nitrogens is 1. The fourth-order valence-corrected chi connectivity index (χ4v) is 1.04. The molecule has 1 heterocycles. The van der Waals surface area contributed by atoms with Gasteiger partial charge in [0.1, 0.15) is 0 Å². The van der Waals surface area contributed by atoms with Gasteiger partial charge in [-0.15, -0.1) is 0 Å². The van der Waals surface area contributed by atoms with Crippen LogP contribution in [0.3, 0.4) is 0 Å². The molecule has 0 aliphatic carbocycles. The number of allylic oxidation sites excluding steroid dienone is 1. The predicted molar refractivity (Wildman–Crippen MR) is 59.1 cm³/mol. The third kappa shape index (κ3) is 4.37. The second-order valence-corrected chi connectivity index (χ2v) is 2.97. The first kappa shape index (κ1) is 11.4. The number of rotatable bonds is 5. The molecular weight excluding hydrogens is 190 g/mol. The SMILES string of the molecule is CC=CCCNNC(=O)c1ccncc1. The van der Waals surface area contributed by atoms with Crippen LogP contribution in [0.1, 0.15) is 23.7 Å². The van der Waals surface area contributed by atoms with Crippen molar-refractivity contribution in [1.29, 1.82) is 0 Å². The van der Waals surface area contributed by atoms with Crippen molar-refractivity contribution in [3.8, 4) is 0 Å². The topological polar surface area (TPSA) is 54.0 Å². The van der Waals surface area contributed by atoms with Crippen LogP contribution in [0.25, 0.3) is 0 Å². The maximum absolute atomic E-state index is 11.5. The molecule has 1 amide bonds. The quantitative estimate of drug-likeness (QED) is 0.432. The number of nitrogens with one attached hydrogen (secondary N) is 2. The van der Waals surface area contributed by atoms with E-state index in [0.29, 0.717) is 5.56 Å². The molecule has 4 heteroatoms. The largest absolute Gasteiger partial charge is 0.287 e. The molecule has 0 radical (unpaired) electrons. The molecule has 0 unspecified atom stereocenters. The van der Waals surface area contributed by atoms with Gasteiger partial charge in [0.05, 0.1) is 0 Å². The lowest BCUT2D eigenvalue weighted by molar-refractivity contribution is 0.0933. The van der Waals surface area contributed by atoms with Gasteiger partial charge in [0.2, 0.25) is 0 Å². The molecule has 1 rings (SSSR count). The number of carbonyl (C=O) groups excluding carboxylic acids is 1. The minimum absolute atomic E-state index is 0.141. The third-order valence-corrected chi connectivity index (χ3v) is 1.82. The van der Waals surface area contributed by atoms with Gasteiger partial charge in [-0.1, -0.05) is 12.2 Å². The van der Waals surface area contributed by atoms with Gasteiger partial charge in [0.15, 0.2) is 0 Å². The van der Waals surface area contributed by atoms with Gasteiger partial charge in [-0.05, 0) is 25.5 Å². The van der Waals surface area contributed by atoms with Crippen molar-refractivity contribution in [2.75, 3.05) is 6.54 Å². The van der Waals surface area contributed by atoms with Crippen LogP contribution in [0.4, 0.5) is 0 Å². The third-order valence-electron chi connectivity index (χ3n) is 1.82. The van der Waals surface area contributed by atoms with Crippen molar-refractivity contribution in [2.45, 2.75) is 13.3 Å². The number of amides is 1. The predicted octanol–water partition coefficient (Wildman–Crippen LogP) is 1.28. The summed E-state index contributed by atoms with van der Waals surface area (Å²) in [7, 11) is 0. The smallest absolute Gasteiger partial charge is 0.265 e. The first-order valence-corrected chi connectivity index (χ1v) is 4.89. The molecule has 1 aromatic heterocycles. The van der Waals surface area contributed by atoms with Gasteiger partial charge in [-0.2, -0.15) is 0 Å². The molecule has 0 spiro atoms. The molecule has 15 heavy (non-hydrogen) atoms. The Labute approximate surface area is 89.4 Å². The van der Waals surface area contributed by atoms with Crippen LogP contribution >= 0.6 is 0 Å². The van der Waals surface area contributed by atoms with Gasteiger partial charge in [0, 0.05) is 24.5 Å². The van der Waals surface area contributed by atoms with E-state index in [1.807, 2.05) is 19.1 Å². The Balaban J connectivity index is 2.25. The summed E-state index contributed by atoms with van der Waals surface area (Å²) in [5, 5.41) is 0. The van der Waals surface area contributed by atoms with Crippen LogP contribution in [0.5, 0.6) is 0 Å². The first-order chi connectivity index (χ1) is 7.34. The van der Waals surface area contributed by atoms with Crippen LogP contribution < -0.4 is 10.9 Å². The molecule has 0 atom stereocenters. The lowest BCUT2D eigenvalue weighted by Crippen LogP contribution is -2.37. The van der Waals surface area contributed by atoms with Crippen molar-refractivity contribution in [1.82, 2.24) is 15.8 Å². The lowest BCUT2D eigenvalue weighted by Gasteiger charge is -2.05. The minimum atomic E-state index is -0.141. The summed E-state index contributed by atoms with van der Waals surface area (Å²) >= 11 is 0. The van der Waals surface area contributed by atoms with Crippen LogP contribution in [-0.2, 0) is 0 Å². The van der Waals surface area contributed by atoms with Gasteiger partial charge >= 0.3 is 0 Å². The lowest BCUT2D eigenvalue weighted by atomic mass is 10.3. The Bertz CT molecular complexity index is 322. The highest BCUT2D eigenvalue weighted by Gasteiger charge is 2.01. The fraction of sp³-hybridized carbons (Fsp3) is 0.273. The fourth-order valence-electron chi connectivity index (χ4n) is 1.04. The molecule has 0 aliphatic heterocycles. The highest BCUT2D eigenvalue weighted by Crippen LogP contribution is 1.94. The number of pyridine rings is 1. The summed E-state index contributed by atoms with van der Waals surface area (Å²) in [5.41, 5.74) is 6.05. The highest BCUT2D eigenvalue weighted by atomic mass is 16.2. The van der Waals surface area contributed by atoms with E-state index < -0.39 is 0 Å². The molecular formula is C11H15N3O. The van der Waals surface area contributed by atoms with Crippen molar-refractivity contribution in [3.63, 3.8) is 0 Å². The Kier molecular flexibility index (Phi) is 5.11. The molecule has 0 aromatic carbocycles. The van der Waals surface area contributed by atoms with Crippen LogP contribution in [0, 0.1) is 0 Å². The second-order valence-electron chi connectivity index (χ2n) is 2.97. The molecule has 0 fully saturated rings. The zero-order valence-electron chi connectivity index (χ0n) is 8.73. The maximum atomic E-state index is 11.5. The van der Waals surface area contributed by atoms with E-state index in [1.165, 1.54) is 0 Å². The average molecular weight is 205 g/mol. The molecule has 4 nitrogen and oxygen atoms in total. The van der Waals surface area contributed by atoms with E-state index in [1.54, 1.807) is 24.5 Å². The highest BCUT2D eigenvalue weighted by molar-refractivity contribution is 5.93.